The topological polar surface area (TPSA) is 69.1 Å². The summed E-state index contributed by atoms with van der Waals surface area (Å²) in [6.45, 7) is 4.17. The molecule has 3 aromatic rings. The number of hydrogen-bond acceptors (Lipinski definition) is 5. The molecule has 0 fully saturated rings. The first-order chi connectivity index (χ1) is 9.69. The molecule has 2 N–H and O–H groups in total. The van der Waals surface area contributed by atoms with Gasteiger partial charge in [0.25, 0.3) is 0 Å². The van der Waals surface area contributed by atoms with E-state index in [2.05, 4.69) is 22.2 Å². The minimum absolute atomic E-state index is 0.791. The summed E-state index contributed by atoms with van der Waals surface area (Å²) < 4.78 is 1.85. The van der Waals surface area contributed by atoms with Crippen LogP contribution in [0, 0.1) is 6.92 Å². The Morgan fingerprint density at radius 3 is 2.90 bits per heavy atom. The maximum Gasteiger partial charge on any atom is 0.234 e. The van der Waals surface area contributed by atoms with Crippen molar-refractivity contribution in [2.75, 3.05) is 5.73 Å². The Bertz CT molecular complexity index is 743. The summed E-state index contributed by atoms with van der Waals surface area (Å²) in [4.78, 5) is 0.838. The fourth-order valence-corrected chi connectivity index (χ4v) is 2.89. The van der Waals surface area contributed by atoms with Crippen LogP contribution in [0.4, 0.5) is 5.69 Å². The van der Waals surface area contributed by atoms with Gasteiger partial charge in [-0.25, -0.2) is 0 Å². The number of rotatable bonds is 4. The highest BCUT2D eigenvalue weighted by atomic mass is 32.1. The molecule has 0 saturated heterocycles. The number of nitrogens with zero attached hydrogens (tertiary/aromatic N) is 4. The van der Waals surface area contributed by atoms with E-state index in [0.717, 1.165) is 51.9 Å². The van der Waals surface area contributed by atoms with Crippen molar-refractivity contribution in [3.8, 4) is 10.6 Å². The van der Waals surface area contributed by atoms with Gasteiger partial charge in [0.15, 0.2) is 5.82 Å². The third kappa shape index (κ3) is 2.27. The Morgan fingerprint density at radius 1 is 1.30 bits per heavy atom. The molecule has 2 heterocycles. The van der Waals surface area contributed by atoms with Crippen LogP contribution in [0.25, 0.3) is 15.5 Å². The number of aromatic nitrogens is 4. The van der Waals surface area contributed by atoms with Crippen LogP contribution in [0.5, 0.6) is 0 Å². The lowest BCUT2D eigenvalue weighted by Gasteiger charge is -2.01. The first kappa shape index (κ1) is 13.1. The van der Waals surface area contributed by atoms with E-state index in [9.17, 15) is 0 Å². The van der Waals surface area contributed by atoms with Gasteiger partial charge in [0.1, 0.15) is 5.01 Å². The molecule has 0 amide bonds. The Kier molecular flexibility index (Phi) is 3.40. The van der Waals surface area contributed by atoms with Gasteiger partial charge >= 0.3 is 0 Å². The SMILES string of the molecule is CCCCc1nnc2sc(-c3ccc(C)c(N)c3)nn12. The minimum atomic E-state index is 0.791. The number of fused-ring (bicyclic) bond motifs is 1. The van der Waals surface area contributed by atoms with Crippen molar-refractivity contribution in [1.82, 2.24) is 19.8 Å². The quantitative estimate of drug-likeness (QED) is 0.749. The fraction of sp³-hybridized carbons (Fsp3) is 0.357. The predicted octanol–water partition coefficient (Wildman–Crippen LogP) is 3.09. The van der Waals surface area contributed by atoms with Crippen molar-refractivity contribution in [2.45, 2.75) is 33.1 Å². The lowest BCUT2D eigenvalue weighted by atomic mass is 10.1. The molecule has 0 aliphatic rings. The summed E-state index contributed by atoms with van der Waals surface area (Å²) in [6, 6.07) is 6.03. The van der Waals surface area contributed by atoms with Crippen molar-refractivity contribution >= 4 is 22.0 Å². The second kappa shape index (κ2) is 5.20. The first-order valence-electron chi connectivity index (χ1n) is 6.76. The zero-order valence-electron chi connectivity index (χ0n) is 11.6. The highest BCUT2D eigenvalue weighted by Crippen LogP contribution is 2.28. The maximum atomic E-state index is 5.97. The Balaban J connectivity index is 2.00. The molecule has 0 radical (unpaired) electrons. The van der Waals surface area contributed by atoms with Gasteiger partial charge < -0.3 is 5.73 Å². The number of hydrogen-bond donors (Lipinski definition) is 1. The van der Waals surface area contributed by atoms with Crippen LogP contribution in [-0.2, 0) is 6.42 Å². The second-order valence-corrected chi connectivity index (χ2v) is 5.85. The first-order valence-corrected chi connectivity index (χ1v) is 7.58. The van der Waals surface area contributed by atoms with Crippen molar-refractivity contribution in [1.29, 1.82) is 0 Å². The number of nitrogen functional groups attached to an aromatic ring is 1. The van der Waals surface area contributed by atoms with Crippen LogP contribution >= 0.6 is 11.3 Å². The van der Waals surface area contributed by atoms with Crippen molar-refractivity contribution in [3.63, 3.8) is 0 Å². The minimum Gasteiger partial charge on any atom is -0.398 e. The molecule has 0 aliphatic heterocycles. The number of aryl methyl sites for hydroxylation is 2. The van der Waals surface area contributed by atoms with Crippen LogP contribution in [0.1, 0.15) is 31.2 Å². The van der Waals surface area contributed by atoms with Gasteiger partial charge in [-0.05, 0) is 25.0 Å². The molecule has 6 heteroatoms. The van der Waals surface area contributed by atoms with Crippen LogP contribution in [0.2, 0.25) is 0 Å². The number of unbranched alkanes of at least 4 members (excludes halogenated alkanes) is 1. The van der Waals surface area contributed by atoms with Crippen LogP contribution < -0.4 is 5.73 Å². The van der Waals surface area contributed by atoms with Gasteiger partial charge in [-0.1, -0.05) is 36.8 Å². The molecule has 0 saturated carbocycles. The molecule has 0 aliphatic carbocycles. The van der Waals surface area contributed by atoms with Crippen LogP contribution in [0.3, 0.4) is 0 Å². The summed E-state index contributed by atoms with van der Waals surface area (Å²) in [5.41, 5.74) is 8.87. The van der Waals surface area contributed by atoms with E-state index in [-0.39, 0.29) is 0 Å². The van der Waals surface area contributed by atoms with E-state index in [0.29, 0.717) is 0 Å². The largest absolute Gasteiger partial charge is 0.398 e. The summed E-state index contributed by atoms with van der Waals surface area (Å²) >= 11 is 1.54. The third-order valence-corrected chi connectivity index (χ3v) is 4.28. The van der Waals surface area contributed by atoms with E-state index >= 15 is 0 Å². The molecule has 0 atom stereocenters. The van der Waals surface area contributed by atoms with E-state index in [1.165, 1.54) is 0 Å². The van der Waals surface area contributed by atoms with Gasteiger partial charge in [0, 0.05) is 17.7 Å². The number of nitrogens with two attached hydrogens (primary N) is 1. The van der Waals surface area contributed by atoms with Crippen LogP contribution in [-0.4, -0.2) is 19.8 Å². The van der Waals surface area contributed by atoms with Gasteiger partial charge in [0.05, 0.1) is 0 Å². The average molecular weight is 287 g/mol. The monoisotopic (exact) mass is 287 g/mol. The van der Waals surface area contributed by atoms with Gasteiger partial charge in [-0.15, -0.1) is 10.2 Å². The van der Waals surface area contributed by atoms with Crippen molar-refractivity contribution in [2.24, 2.45) is 0 Å². The van der Waals surface area contributed by atoms with Crippen LogP contribution in [0.15, 0.2) is 18.2 Å². The zero-order chi connectivity index (χ0) is 14.1. The summed E-state index contributed by atoms with van der Waals surface area (Å²) in [5.74, 6) is 0.935. The molecular formula is C14H17N5S. The molecule has 0 bridgehead atoms. The molecule has 5 nitrogen and oxygen atoms in total. The molecule has 3 rings (SSSR count). The Morgan fingerprint density at radius 2 is 2.15 bits per heavy atom. The highest BCUT2D eigenvalue weighted by molar-refractivity contribution is 7.19. The average Bonchev–Trinajstić information content (AvgIpc) is 3.00. The summed E-state index contributed by atoms with van der Waals surface area (Å²) in [7, 11) is 0. The zero-order valence-corrected chi connectivity index (χ0v) is 12.4. The lowest BCUT2D eigenvalue weighted by molar-refractivity contribution is 0.723. The predicted molar refractivity (Wildman–Crippen MR) is 81.9 cm³/mol. The van der Waals surface area contributed by atoms with Gasteiger partial charge in [-0.2, -0.15) is 9.61 Å². The molecule has 0 spiro atoms. The van der Waals surface area contributed by atoms with E-state index in [4.69, 9.17) is 5.73 Å². The molecule has 20 heavy (non-hydrogen) atoms. The van der Waals surface area contributed by atoms with E-state index < -0.39 is 0 Å². The van der Waals surface area contributed by atoms with Gasteiger partial charge in [-0.3, -0.25) is 0 Å². The Labute approximate surface area is 121 Å². The summed E-state index contributed by atoms with van der Waals surface area (Å²) in [5, 5.41) is 13.9. The molecule has 1 aromatic carbocycles. The Hall–Kier alpha value is -1.95. The standard InChI is InChI=1S/C14H17N5S/c1-3-4-5-12-16-17-14-19(12)18-13(20-14)10-7-6-9(2)11(15)8-10/h6-8H,3-5,15H2,1-2H3. The molecule has 104 valence electrons. The smallest absolute Gasteiger partial charge is 0.234 e. The van der Waals surface area contributed by atoms with E-state index in [1.807, 2.05) is 29.6 Å². The van der Waals surface area contributed by atoms with Crippen molar-refractivity contribution in [3.05, 3.63) is 29.6 Å². The molecule has 2 aromatic heterocycles. The van der Waals surface area contributed by atoms with Crippen molar-refractivity contribution < 1.29 is 0 Å². The number of benzene rings is 1. The lowest BCUT2D eigenvalue weighted by Crippen LogP contribution is -1.96. The maximum absolute atomic E-state index is 5.97. The molecular weight excluding hydrogens is 270 g/mol. The highest BCUT2D eigenvalue weighted by Gasteiger charge is 2.12. The summed E-state index contributed by atoms with van der Waals surface area (Å²) in [6.07, 6.45) is 3.16. The second-order valence-electron chi connectivity index (χ2n) is 4.89. The number of anilines is 1. The third-order valence-electron chi connectivity index (χ3n) is 3.34. The normalized spacial score (nSPS) is 11.3. The van der Waals surface area contributed by atoms with E-state index in [1.54, 1.807) is 11.3 Å². The fourth-order valence-electron chi connectivity index (χ4n) is 2.04. The molecule has 0 unspecified atom stereocenters. The van der Waals surface area contributed by atoms with Gasteiger partial charge in [0.2, 0.25) is 4.96 Å².